The van der Waals surface area contributed by atoms with Gasteiger partial charge in [-0.15, -0.1) is 11.3 Å². The van der Waals surface area contributed by atoms with E-state index in [1.807, 2.05) is 30.3 Å². The molecule has 128 valence electrons. The number of nitrogens with one attached hydrogen (secondary N) is 1. The van der Waals surface area contributed by atoms with E-state index < -0.39 is 4.92 Å². The summed E-state index contributed by atoms with van der Waals surface area (Å²) in [4.78, 5) is 27.8. The molecule has 3 rings (SSSR count). The molecule has 0 saturated heterocycles. The van der Waals surface area contributed by atoms with Gasteiger partial charge in [-0.05, 0) is 12.5 Å². The highest BCUT2D eigenvalue weighted by molar-refractivity contribution is 7.14. The minimum Gasteiger partial charge on any atom is -0.343 e. The van der Waals surface area contributed by atoms with Gasteiger partial charge >= 0.3 is 0 Å². The van der Waals surface area contributed by atoms with E-state index in [1.54, 1.807) is 17.9 Å². The first kappa shape index (κ1) is 16.8. The zero-order valence-electron chi connectivity index (χ0n) is 13.3. The van der Waals surface area contributed by atoms with E-state index in [1.165, 1.54) is 12.4 Å². The number of aryl methyl sites for hydroxylation is 1. The molecule has 0 radical (unpaired) electrons. The van der Waals surface area contributed by atoms with E-state index in [0.717, 1.165) is 16.9 Å². The Hall–Kier alpha value is -3.07. The van der Waals surface area contributed by atoms with Crippen LogP contribution in [0.2, 0.25) is 0 Å². The Morgan fingerprint density at radius 2 is 2.16 bits per heavy atom. The lowest BCUT2D eigenvalue weighted by Crippen LogP contribution is -2.31. The molecular formula is C16H15N5O3S. The highest BCUT2D eigenvalue weighted by Crippen LogP contribution is 2.28. The summed E-state index contributed by atoms with van der Waals surface area (Å²) < 4.78 is 1.63. The van der Waals surface area contributed by atoms with E-state index in [9.17, 15) is 14.9 Å². The van der Waals surface area contributed by atoms with Crippen molar-refractivity contribution in [2.24, 2.45) is 0 Å². The molecule has 1 aromatic carbocycles. The number of thiophene rings is 1. The normalized spacial score (nSPS) is 11.9. The second kappa shape index (κ2) is 7.22. The molecule has 3 aromatic rings. The molecule has 25 heavy (non-hydrogen) atoms. The van der Waals surface area contributed by atoms with Gasteiger partial charge in [0.05, 0.1) is 27.3 Å². The van der Waals surface area contributed by atoms with Crippen LogP contribution in [0.25, 0.3) is 0 Å². The number of rotatable bonds is 6. The van der Waals surface area contributed by atoms with Crippen molar-refractivity contribution in [1.82, 2.24) is 20.1 Å². The van der Waals surface area contributed by atoms with Gasteiger partial charge in [0.15, 0.2) is 0 Å². The molecule has 0 aliphatic heterocycles. The summed E-state index contributed by atoms with van der Waals surface area (Å²) in [5.74, 6) is -0.352. The standard InChI is InChI=1S/C16H15N5O3S/c1-11-14(21(23)24)7-15(25-11)16(22)19-13(8-20-10-17-9-18-20)12-5-3-2-4-6-12/h2-7,9-10,13H,8H2,1H3,(H,19,22). The Morgan fingerprint density at radius 3 is 2.76 bits per heavy atom. The highest BCUT2D eigenvalue weighted by atomic mass is 32.1. The van der Waals surface area contributed by atoms with Gasteiger partial charge in [0.2, 0.25) is 0 Å². The fourth-order valence-electron chi connectivity index (χ4n) is 2.43. The summed E-state index contributed by atoms with van der Waals surface area (Å²) in [7, 11) is 0. The zero-order valence-corrected chi connectivity index (χ0v) is 14.1. The number of nitrogens with zero attached hydrogens (tertiary/aromatic N) is 4. The zero-order chi connectivity index (χ0) is 17.8. The molecular weight excluding hydrogens is 342 g/mol. The average Bonchev–Trinajstić information content (AvgIpc) is 3.24. The molecule has 0 aliphatic rings. The molecule has 0 fully saturated rings. The molecule has 0 aliphatic carbocycles. The van der Waals surface area contributed by atoms with Crippen LogP contribution >= 0.6 is 11.3 Å². The minimum absolute atomic E-state index is 0.0392. The Labute approximate surface area is 147 Å². The Morgan fingerprint density at radius 1 is 1.40 bits per heavy atom. The predicted octanol–water partition coefficient (Wildman–Crippen LogP) is 2.73. The summed E-state index contributed by atoms with van der Waals surface area (Å²) in [5, 5.41) is 18.0. The van der Waals surface area contributed by atoms with Crippen LogP contribution in [0.1, 0.15) is 26.2 Å². The fourth-order valence-corrected chi connectivity index (χ4v) is 3.32. The van der Waals surface area contributed by atoms with Crippen molar-refractivity contribution in [3.8, 4) is 0 Å². The molecule has 8 nitrogen and oxygen atoms in total. The lowest BCUT2D eigenvalue weighted by molar-refractivity contribution is -0.385. The van der Waals surface area contributed by atoms with Crippen molar-refractivity contribution in [3.05, 3.63) is 74.5 Å². The third-order valence-electron chi connectivity index (χ3n) is 3.66. The van der Waals surface area contributed by atoms with Crippen molar-refractivity contribution < 1.29 is 9.72 Å². The van der Waals surface area contributed by atoms with Crippen LogP contribution < -0.4 is 5.32 Å². The molecule has 0 spiro atoms. The molecule has 1 N–H and O–H groups in total. The molecule has 1 atom stereocenters. The van der Waals surface area contributed by atoms with E-state index >= 15 is 0 Å². The van der Waals surface area contributed by atoms with Crippen LogP contribution in [-0.2, 0) is 6.54 Å². The molecule has 2 aromatic heterocycles. The maximum Gasteiger partial charge on any atom is 0.283 e. The molecule has 1 amide bonds. The van der Waals surface area contributed by atoms with Crippen LogP contribution in [0.4, 0.5) is 5.69 Å². The number of carbonyl (C=O) groups is 1. The topological polar surface area (TPSA) is 103 Å². The third-order valence-corrected chi connectivity index (χ3v) is 4.69. The molecule has 2 heterocycles. The number of hydrogen-bond acceptors (Lipinski definition) is 6. The highest BCUT2D eigenvalue weighted by Gasteiger charge is 2.22. The van der Waals surface area contributed by atoms with Crippen molar-refractivity contribution in [2.45, 2.75) is 19.5 Å². The van der Waals surface area contributed by atoms with Crippen molar-refractivity contribution >= 4 is 22.9 Å². The van der Waals surface area contributed by atoms with Crippen LogP contribution in [0.3, 0.4) is 0 Å². The number of aromatic nitrogens is 3. The van der Waals surface area contributed by atoms with Gasteiger partial charge < -0.3 is 5.32 Å². The van der Waals surface area contributed by atoms with E-state index in [2.05, 4.69) is 15.4 Å². The molecule has 1 unspecified atom stereocenters. The first-order valence-electron chi connectivity index (χ1n) is 7.47. The summed E-state index contributed by atoms with van der Waals surface area (Å²) in [6.45, 7) is 2.03. The number of carbonyl (C=O) groups excluding carboxylic acids is 1. The van der Waals surface area contributed by atoms with Crippen molar-refractivity contribution in [2.75, 3.05) is 0 Å². The number of hydrogen-bond donors (Lipinski definition) is 1. The molecule has 0 saturated carbocycles. The Kier molecular flexibility index (Phi) is 4.85. The first-order valence-corrected chi connectivity index (χ1v) is 8.29. The van der Waals surface area contributed by atoms with Gasteiger partial charge in [-0.1, -0.05) is 30.3 Å². The van der Waals surface area contributed by atoms with Gasteiger partial charge in [-0.2, -0.15) is 5.10 Å². The average molecular weight is 357 g/mol. The first-order chi connectivity index (χ1) is 12.0. The van der Waals surface area contributed by atoms with Crippen molar-refractivity contribution in [3.63, 3.8) is 0 Å². The summed E-state index contributed by atoms with van der Waals surface area (Å²) >= 11 is 1.11. The maximum absolute atomic E-state index is 12.6. The molecule has 0 bridgehead atoms. The largest absolute Gasteiger partial charge is 0.343 e. The summed E-state index contributed by atoms with van der Waals surface area (Å²) in [6, 6.07) is 10.5. The summed E-state index contributed by atoms with van der Waals surface area (Å²) in [5.41, 5.74) is 0.872. The van der Waals surface area contributed by atoms with Crippen LogP contribution in [-0.4, -0.2) is 25.6 Å². The SMILES string of the molecule is Cc1sc(C(=O)NC(Cn2cncn2)c2ccccc2)cc1[N+](=O)[O-]. The van der Waals surface area contributed by atoms with Gasteiger partial charge in [0, 0.05) is 6.07 Å². The Balaban J connectivity index is 1.83. The Bertz CT molecular complexity index is 877. The number of benzene rings is 1. The smallest absolute Gasteiger partial charge is 0.283 e. The molecule has 9 heteroatoms. The van der Waals surface area contributed by atoms with Gasteiger partial charge in [0.1, 0.15) is 12.7 Å². The number of nitro groups is 1. The lowest BCUT2D eigenvalue weighted by atomic mass is 10.1. The van der Waals surface area contributed by atoms with E-state index in [0.29, 0.717) is 16.3 Å². The third kappa shape index (κ3) is 3.89. The van der Waals surface area contributed by atoms with E-state index in [-0.39, 0.29) is 17.6 Å². The summed E-state index contributed by atoms with van der Waals surface area (Å²) in [6.07, 6.45) is 3.00. The van der Waals surface area contributed by atoms with Gasteiger partial charge in [0.25, 0.3) is 11.6 Å². The van der Waals surface area contributed by atoms with E-state index in [4.69, 9.17) is 0 Å². The minimum atomic E-state index is -0.479. The second-order valence-electron chi connectivity index (χ2n) is 5.36. The van der Waals surface area contributed by atoms with Crippen LogP contribution in [0.15, 0.2) is 49.1 Å². The monoisotopic (exact) mass is 357 g/mol. The maximum atomic E-state index is 12.6. The lowest BCUT2D eigenvalue weighted by Gasteiger charge is -2.18. The van der Waals surface area contributed by atoms with Crippen LogP contribution in [0, 0.1) is 17.0 Å². The second-order valence-corrected chi connectivity index (χ2v) is 6.62. The van der Waals surface area contributed by atoms with Gasteiger partial charge in [-0.3, -0.25) is 19.6 Å². The predicted molar refractivity (Wildman–Crippen MR) is 92.4 cm³/mol. The van der Waals surface area contributed by atoms with Gasteiger partial charge in [-0.25, -0.2) is 4.98 Å². The fraction of sp³-hybridized carbons (Fsp3) is 0.188. The number of amides is 1. The van der Waals surface area contributed by atoms with Crippen molar-refractivity contribution in [1.29, 1.82) is 0 Å². The quantitative estimate of drug-likeness (QED) is 0.540. The van der Waals surface area contributed by atoms with Crippen LogP contribution in [0.5, 0.6) is 0 Å².